The van der Waals surface area contributed by atoms with Crippen LogP contribution in [0.5, 0.6) is 0 Å². The second-order valence-electron chi connectivity index (χ2n) is 6.72. The van der Waals surface area contributed by atoms with Gasteiger partial charge in [-0.25, -0.2) is 17.6 Å². The SMILES string of the molecule is Cc1ccc(S(=O)(=O)[O-])cc1.c1cc[n+](CCOCCOCC[n+]2ccccc2)cc1. The van der Waals surface area contributed by atoms with E-state index in [9.17, 15) is 13.0 Å². The summed E-state index contributed by atoms with van der Waals surface area (Å²) in [6.45, 7) is 6.29. The molecule has 1 aromatic carbocycles. The summed E-state index contributed by atoms with van der Waals surface area (Å²) in [6.07, 6.45) is 8.15. The van der Waals surface area contributed by atoms with Crippen molar-refractivity contribution in [2.75, 3.05) is 26.4 Å². The smallest absolute Gasteiger partial charge is 0.171 e. The molecule has 0 saturated heterocycles. The van der Waals surface area contributed by atoms with Gasteiger partial charge in [0.25, 0.3) is 0 Å². The molecule has 31 heavy (non-hydrogen) atoms. The molecule has 0 saturated carbocycles. The molecule has 2 heterocycles. The predicted molar refractivity (Wildman–Crippen MR) is 114 cm³/mol. The lowest BCUT2D eigenvalue weighted by Crippen LogP contribution is -2.35. The summed E-state index contributed by atoms with van der Waals surface area (Å²) in [7, 11) is -4.27. The summed E-state index contributed by atoms with van der Waals surface area (Å²) in [4.78, 5) is -0.178. The van der Waals surface area contributed by atoms with Crippen molar-refractivity contribution in [2.24, 2.45) is 0 Å². The molecule has 0 N–H and O–H groups in total. The first-order valence-electron chi connectivity index (χ1n) is 10.0. The molecule has 166 valence electrons. The number of pyridine rings is 2. The molecule has 3 aromatic rings. The van der Waals surface area contributed by atoms with Gasteiger partial charge in [-0.1, -0.05) is 29.8 Å². The van der Waals surface area contributed by atoms with Gasteiger partial charge in [0.1, 0.15) is 23.3 Å². The minimum atomic E-state index is -4.27. The van der Waals surface area contributed by atoms with Gasteiger partial charge >= 0.3 is 0 Å². The zero-order valence-corrected chi connectivity index (χ0v) is 18.5. The summed E-state index contributed by atoms with van der Waals surface area (Å²) >= 11 is 0. The normalized spacial score (nSPS) is 10.9. The summed E-state index contributed by atoms with van der Waals surface area (Å²) in [6, 6.07) is 17.9. The van der Waals surface area contributed by atoms with Crippen molar-refractivity contribution in [3.8, 4) is 0 Å². The van der Waals surface area contributed by atoms with E-state index < -0.39 is 10.1 Å². The Morgan fingerprint density at radius 3 is 1.52 bits per heavy atom. The maximum atomic E-state index is 10.4. The molecule has 0 fully saturated rings. The Morgan fingerprint density at radius 1 is 0.710 bits per heavy atom. The largest absolute Gasteiger partial charge is 0.744 e. The van der Waals surface area contributed by atoms with Gasteiger partial charge in [-0.2, -0.15) is 0 Å². The zero-order valence-electron chi connectivity index (χ0n) is 17.7. The summed E-state index contributed by atoms with van der Waals surface area (Å²) in [5.41, 5.74) is 0.928. The number of rotatable bonds is 10. The second kappa shape index (κ2) is 13.6. The van der Waals surface area contributed by atoms with Crippen molar-refractivity contribution in [1.29, 1.82) is 0 Å². The molecule has 7 nitrogen and oxygen atoms in total. The van der Waals surface area contributed by atoms with Gasteiger partial charge in [-0.15, -0.1) is 0 Å². The van der Waals surface area contributed by atoms with Gasteiger partial charge in [0, 0.05) is 24.3 Å². The fourth-order valence-corrected chi connectivity index (χ4v) is 3.00. The van der Waals surface area contributed by atoms with E-state index in [1.807, 2.05) is 68.1 Å². The minimum absolute atomic E-state index is 0.178. The molecule has 0 bridgehead atoms. The lowest BCUT2D eigenvalue weighted by Gasteiger charge is -2.05. The molecule has 0 amide bonds. The molecule has 8 heteroatoms. The Balaban J connectivity index is 0.000000262. The fourth-order valence-electron chi connectivity index (χ4n) is 2.53. The summed E-state index contributed by atoms with van der Waals surface area (Å²) < 4.78 is 46.4. The third kappa shape index (κ3) is 10.8. The third-order valence-corrected chi connectivity index (χ3v) is 5.07. The van der Waals surface area contributed by atoms with Crippen LogP contribution in [-0.2, 0) is 32.7 Å². The highest BCUT2D eigenvalue weighted by Crippen LogP contribution is 2.08. The Bertz CT molecular complexity index is 920. The second-order valence-corrected chi connectivity index (χ2v) is 8.10. The topological polar surface area (TPSA) is 83.4 Å². The molecule has 0 aliphatic rings. The summed E-state index contributed by atoms with van der Waals surface area (Å²) in [5, 5.41) is 0. The minimum Gasteiger partial charge on any atom is -0.744 e. The van der Waals surface area contributed by atoms with Crippen LogP contribution in [-0.4, -0.2) is 39.4 Å². The van der Waals surface area contributed by atoms with E-state index >= 15 is 0 Å². The highest BCUT2D eigenvalue weighted by Gasteiger charge is 2.00. The van der Waals surface area contributed by atoms with Crippen LogP contribution in [0.15, 0.2) is 90.3 Å². The number of hydrogen-bond donors (Lipinski definition) is 0. The number of hydrogen-bond acceptors (Lipinski definition) is 5. The molecule has 3 rings (SSSR count). The lowest BCUT2D eigenvalue weighted by molar-refractivity contribution is -0.699. The van der Waals surface area contributed by atoms with Gasteiger partial charge in [-0.05, 0) is 19.1 Å². The van der Waals surface area contributed by atoms with Gasteiger partial charge < -0.3 is 14.0 Å². The van der Waals surface area contributed by atoms with Crippen LogP contribution in [0.3, 0.4) is 0 Å². The Labute approximate surface area is 184 Å². The third-order valence-electron chi connectivity index (χ3n) is 4.22. The van der Waals surface area contributed by atoms with Crippen LogP contribution in [0.25, 0.3) is 0 Å². The molecule has 0 unspecified atom stereocenters. The lowest BCUT2D eigenvalue weighted by atomic mass is 10.2. The van der Waals surface area contributed by atoms with Crippen LogP contribution < -0.4 is 9.13 Å². The zero-order chi connectivity index (χ0) is 22.4. The predicted octanol–water partition coefficient (Wildman–Crippen LogP) is 1.89. The Hall–Kier alpha value is -2.65. The van der Waals surface area contributed by atoms with Crippen molar-refractivity contribution < 1.29 is 31.6 Å². The van der Waals surface area contributed by atoms with E-state index in [0.717, 1.165) is 18.7 Å². The molecule has 0 aliphatic carbocycles. The van der Waals surface area contributed by atoms with E-state index in [-0.39, 0.29) is 4.90 Å². The first-order chi connectivity index (χ1) is 14.9. The first kappa shape index (κ1) is 24.6. The molecule has 0 atom stereocenters. The van der Waals surface area contributed by atoms with Crippen molar-refractivity contribution in [1.82, 2.24) is 0 Å². The maximum Gasteiger partial charge on any atom is 0.171 e. The molecule has 0 aliphatic heterocycles. The van der Waals surface area contributed by atoms with Gasteiger partial charge in [0.2, 0.25) is 0 Å². The average Bonchev–Trinajstić information content (AvgIpc) is 2.77. The van der Waals surface area contributed by atoms with Gasteiger partial charge in [-0.3, -0.25) is 0 Å². The Morgan fingerprint density at radius 2 is 1.13 bits per heavy atom. The highest BCUT2D eigenvalue weighted by atomic mass is 32.2. The van der Waals surface area contributed by atoms with Gasteiger partial charge in [0.05, 0.1) is 18.1 Å². The molecular weight excluding hydrogens is 416 g/mol. The number of benzene rings is 1. The molecule has 2 aromatic heterocycles. The van der Waals surface area contributed by atoms with E-state index in [4.69, 9.17) is 9.47 Å². The number of aryl methyl sites for hydroxylation is 1. The van der Waals surface area contributed by atoms with Crippen LogP contribution in [0, 0.1) is 6.92 Å². The number of aromatic nitrogens is 2. The van der Waals surface area contributed by atoms with Crippen LogP contribution in [0.2, 0.25) is 0 Å². The van der Waals surface area contributed by atoms with Crippen molar-refractivity contribution >= 4 is 10.1 Å². The van der Waals surface area contributed by atoms with E-state index in [1.165, 1.54) is 12.1 Å². The van der Waals surface area contributed by atoms with E-state index in [0.29, 0.717) is 26.4 Å². The average molecular weight is 446 g/mol. The van der Waals surface area contributed by atoms with Gasteiger partial charge in [0.15, 0.2) is 37.9 Å². The highest BCUT2D eigenvalue weighted by molar-refractivity contribution is 7.85. The van der Waals surface area contributed by atoms with E-state index in [1.54, 1.807) is 12.1 Å². The van der Waals surface area contributed by atoms with E-state index in [2.05, 4.69) is 9.13 Å². The molecule has 0 spiro atoms. The molecular formula is C23H29N2O5S+. The Kier molecular flexibility index (Phi) is 10.8. The van der Waals surface area contributed by atoms with Crippen molar-refractivity contribution in [2.45, 2.75) is 24.9 Å². The van der Waals surface area contributed by atoms with Crippen molar-refractivity contribution in [3.05, 3.63) is 91.0 Å². The monoisotopic (exact) mass is 445 g/mol. The van der Waals surface area contributed by atoms with Crippen LogP contribution in [0.4, 0.5) is 0 Å². The quantitative estimate of drug-likeness (QED) is 0.270. The van der Waals surface area contributed by atoms with Crippen LogP contribution >= 0.6 is 0 Å². The standard InChI is InChI=1S/C16H22N2O2.C7H8O3S/c1-3-7-17(8-4-1)11-13-19-15-16-20-14-12-18-9-5-2-6-10-18;1-6-2-4-7(5-3-6)11(8,9)10/h1-10H,11-16H2;2-5H,1H3,(H,8,9,10)/q+2;/p-1. The number of nitrogens with zero attached hydrogens (tertiary/aromatic N) is 2. The number of ether oxygens (including phenoxy) is 2. The molecule has 0 radical (unpaired) electrons. The maximum absolute atomic E-state index is 10.4. The van der Waals surface area contributed by atoms with Crippen molar-refractivity contribution in [3.63, 3.8) is 0 Å². The van der Waals surface area contributed by atoms with Crippen LogP contribution in [0.1, 0.15) is 5.56 Å². The first-order valence-corrected chi connectivity index (χ1v) is 11.4. The fraction of sp³-hybridized carbons (Fsp3) is 0.304. The summed E-state index contributed by atoms with van der Waals surface area (Å²) in [5.74, 6) is 0.